The first-order valence-corrected chi connectivity index (χ1v) is 13.0. The van der Waals surface area contributed by atoms with Crippen LogP contribution in [0.4, 0.5) is 0 Å². The van der Waals surface area contributed by atoms with Crippen LogP contribution in [0.15, 0.2) is 16.8 Å². The number of carbonyl (C=O) groups is 2. The highest BCUT2D eigenvalue weighted by Crippen LogP contribution is 2.48. The van der Waals surface area contributed by atoms with Crippen LogP contribution in [0.3, 0.4) is 0 Å². The van der Waals surface area contributed by atoms with Crippen LogP contribution in [0.25, 0.3) is 0 Å². The number of aryl methyl sites for hydroxylation is 1. The molecule has 11 nitrogen and oxygen atoms in total. The molecule has 0 aliphatic carbocycles. The molecule has 5 heterocycles. The third-order valence-electron chi connectivity index (χ3n) is 7.78. The van der Waals surface area contributed by atoms with E-state index in [9.17, 15) is 9.59 Å². The molecule has 11 heteroatoms. The highest BCUT2D eigenvalue weighted by atomic mass is 16.5. The molecular formula is C25H37N7O4. The molecule has 2 amide bonds. The van der Waals surface area contributed by atoms with Crippen LogP contribution in [0.5, 0.6) is 0 Å². The van der Waals surface area contributed by atoms with Gasteiger partial charge in [-0.2, -0.15) is 5.10 Å². The Labute approximate surface area is 211 Å². The van der Waals surface area contributed by atoms with E-state index in [-0.39, 0.29) is 35.7 Å². The summed E-state index contributed by atoms with van der Waals surface area (Å²) in [5.41, 5.74) is 1.06. The molecule has 0 bridgehead atoms. The first-order valence-electron chi connectivity index (χ1n) is 13.0. The average molecular weight is 500 g/mol. The van der Waals surface area contributed by atoms with Gasteiger partial charge in [0.1, 0.15) is 6.54 Å². The van der Waals surface area contributed by atoms with Crippen LogP contribution >= 0.6 is 0 Å². The van der Waals surface area contributed by atoms with Crippen LogP contribution in [0, 0.1) is 12.3 Å². The molecule has 0 saturated carbocycles. The molecule has 196 valence electrons. The van der Waals surface area contributed by atoms with Gasteiger partial charge in [-0.1, -0.05) is 13.8 Å². The Bertz CT molecular complexity index is 1070. The molecule has 3 aliphatic heterocycles. The second kappa shape index (κ2) is 10.3. The van der Waals surface area contributed by atoms with E-state index < -0.39 is 0 Å². The molecule has 0 aromatic carbocycles. The molecule has 2 aromatic heterocycles. The predicted molar refractivity (Wildman–Crippen MR) is 130 cm³/mol. The van der Waals surface area contributed by atoms with E-state index in [2.05, 4.69) is 20.2 Å². The summed E-state index contributed by atoms with van der Waals surface area (Å²) in [4.78, 5) is 32.1. The zero-order valence-corrected chi connectivity index (χ0v) is 21.6. The summed E-state index contributed by atoms with van der Waals surface area (Å²) in [6.45, 7) is 11.3. The maximum Gasteiger partial charge on any atom is 0.244 e. The van der Waals surface area contributed by atoms with Gasteiger partial charge >= 0.3 is 0 Å². The summed E-state index contributed by atoms with van der Waals surface area (Å²) in [5, 5.41) is 12.9. The number of nitrogens with zero attached hydrogens (tertiary/aromatic N) is 7. The fourth-order valence-corrected chi connectivity index (χ4v) is 5.64. The number of ether oxygens (including phenoxy) is 1. The zero-order chi connectivity index (χ0) is 25.3. The van der Waals surface area contributed by atoms with Crippen molar-refractivity contribution in [1.82, 2.24) is 34.7 Å². The topological polar surface area (TPSA) is 110 Å². The molecule has 3 saturated heterocycles. The minimum absolute atomic E-state index is 0.0154. The Kier molecular flexibility index (Phi) is 7.11. The molecule has 36 heavy (non-hydrogen) atoms. The predicted octanol–water partition coefficient (Wildman–Crippen LogP) is 1.61. The van der Waals surface area contributed by atoms with Crippen LogP contribution < -0.4 is 0 Å². The minimum atomic E-state index is -0.0932. The van der Waals surface area contributed by atoms with Gasteiger partial charge in [-0.15, -0.1) is 10.2 Å². The number of morpholine rings is 1. The van der Waals surface area contributed by atoms with Gasteiger partial charge in [0.2, 0.25) is 23.6 Å². The molecule has 1 unspecified atom stereocenters. The lowest BCUT2D eigenvalue weighted by Gasteiger charge is -2.39. The van der Waals surface area contributed by atoms with E-state index in [0.29, 0.717) is 57.7 Å². The SMILES string of the molecule is Cc1cnn(CC(=O)N2CCC3(CC2)CC(c2nnc(C(C)C)o2)N(CC(=O)N2CCOCC2)C3)c1. The van der Waals surface area contributed by atoms with Crippen molar-refractivity contribution in [1.29, 1.82) is 0 Å². The number of hydrogen-bond donors (Lipinski definition) is 0. The second-order valence-electron chi connectivity index (χ2n) is 10.8. The zero-order valence-electron chi connectivity index (χ0n) is 21.6. The number of piperidine rings is 1. The first-order chi connectivity index (χ1) is 17.3. The lowest BCUT2D eigenvalue weighted by molar-refractivity contribution is -0.136. The molecule has 0 radical (unpaired) electrons. The van der Waals surface area contributed by atoms with E-state index in [4.69, 9.17) is 9.15 Å². The van der Waals surface area contributed by atoms with Crippen molar-refractivity contribution in [3.63, 3.8) is 0 Å². The maximum absolute atomic E-state index is 13.1. The monoisotopic (exact) mass is 499 g/mol. The highest BCUT2D eigenvalue weighted by Gasteiger charge is 2.49. The number of amides is 2. The largest absolute Gasteiger partial charge is 0.423 e. The highest BCUT2D eigenvalue weighted by molar-refractivity contribution is 5.78. The van der Waals surface area contributed by atoms with Crippen LogP contribution in [-0.2, 0) is 20.9 Å². The average Bonchev–Trinajstić information content (AvgIpc) is 3.59. The number of rotatable bonds is 6. The standard InChI is InChI=1S/C25H37N7O4/c1-18(2)23-27-28-24(36-23)20-12-25(17-31(20)15-21(33)30-8-10-35-11-9-30)4-6-29(7-5-25)22(34)16-32-14-19(3)13-26-32/h13-14,18,20H,4-12,15-17H2,1-3H3. The van der Waals surface area contributed by atoms with Crippen molar-refractivity contribution >= 4 is 11.8 Å². The summed E-state index contributed by atoms with van der Waals surface area (Å²) in [6, 6.07) is -0.0932. The number of hydrogen-bond acceptors (Lipinski definition) is 8. The molecule has 2 aromatic rings. The lowest BCUT2D eigenvalue weighted by atomic mass is 9.76. The normalized spacial score (nSPS) is 22.6. The quantitative estimate of drug-likeness (QED) is 0.590. The summed E-state index contributed by atoms with van der Waals surface area (Å²) in [5.74, 6) is 1.59. The van der Waals surface area contributed by atoms with Gasteiger partial charge in [-0.05, 0) is 37.2 Å². The Morgan fingerprint density at radius 1 is 1.06 bits per heavy atom. The molecule has 3 fully saturated rings. The van der Waals surface area contributed by atoms with Gasteiger partial charge in [-0.3, -0.25) is 19.2 Å². The van der Waals surface area contributed by atoms with Gasteiger partial charge in [-0.25, -0.2) is 0 Å². The van der Waals surface area contributed by atoms with E-state index >= 15 is 0 Å². The minimum Gasteiger partial charge on any atom is -0.423 e. The smallest absolute Gasteiger partial charge is 0.244 e. The molecular weight excluding hydrogens is 462 g/mol. The van der Waals surface area contributed by atoms with Gasteiger partial charge in [0.25, 0.3) is 0 Å². The lowest BCUT2D eigenvalue weighted by Crippen LogP contribution is -2.47. The molecule has 1 spiro atoms. The summed E-state index contributed by atoms with van der Waals surface area (Å²) >= 11 is 0. The van der Waals surface area contributed by atoms with Crippen LogP contribution in [0.1, 0.15) is 62.4 Å². The molecule has 1 atom stereocenters. The van der Waals surface area contributed by atoms with Gasteiger partial charge in [0, 0.05) is 44.8 Å². The summed E-state index contributed by atoms with van der Waals surface area (Å²) < 4.78 is 13.2. The molecule has 3 aliphatic rings. The van der Waals surface area contributed by atoms with Crippen molar-refractivity contribution in [3.05, 3.63) is 29.7 Å². The maximum atomic E-state index is 13.1. The fourth-order valence-electron chi connectivity index (χ4n) is 5.64. The van der Waals surface area contributed by atoms with Crippen LogP contribution in [0.2, 0.25) is 0 Å². The van der Waals surface area contributed by atoms with Crippen molar-refractivity contribution < 1.29 is 18.7 Å². The van der Waals surface area contributed by atoms with E-state index in [1.165, 1.54) is 0 Å². The Hall–Kier alpha value is -2.79. The third-order valence-corrected chi connectivity index (χ3v) is 7.78. The van der Waals surface area contributed by atoms with Gasteiger partial charge < -0.3 is 19.0 Å². The number of aromatic nitrogens is 4. The Balaban J connectivity index is 1.27. The molecule has 0 N–H and O–H groups in total. The van der Waals surface area contributed by atoms with Crippen LogP contribution in [-0.4, -0.2) is 99.0 Å². The second-order valence-corrected chi connectivity index (χ2v) is 10.8. The van der Waals surface area contributed by atoms with E-state index in [0.717, 1.165) is 31.4 Å². The van der Waals surface area contributed by atoms with Crippen molar-refractivity contribution in [2.75, 3.05) is 52.5 Å². The molecule has 5 rings (SSSR count). The van der Waals surface area contributed by atoms with Crippen molar-refractivity contribution in [3.8, 4) is 0 Å². The fraction of sp³-hybridized carbons (Fsp3) is 0.720. The van der Waals surface area contributed by atoms with Crippen molar-refractivity contribution in [2.45, 2.75) is 58.5 Å². The summed E-state index contributed by atoms with van der Waals surface area (Å²) in [7, 11) is 0. The van der Waals surface area contributed by atoms with Gasteiger partial charge in [0.05, 0.1) is 32.0 Å². The number of carbonyl (C=O) groups excluding carboxylic acids is 2. The third kappa shape index (κ3) is 5.31. The van der Waals surface area contributed by atoms with Gasteiger partial charge in [0.15, 0.2) is 0 Å². The first kappa shape index (κ1) is 24.9. The Morgan fingerprint density at radius 2 is 1.75 bits per heavy atom. The van der Waals surface area contributed by atoms with Crippen molar-refractivity contribution in [2.24, 2.45) is 5.41 Å². The number of likely N-dealkylation sites (tertiary alicyclic amines) is 2. The van der Waals surface area contributed by atoms with E-state index in [1.807, 2.05) is 36.8 Å². The van der Waals surface area contributed by atoms with E-state index in [1.54, 1.807) is 10.9 Å². The Morgan fingerprint density at radius 3 is 2.39 bits per heavy atom. The summed E-state index contributed by atoms with van der Waals surface area (Å²) in [6.07, 6.45) is 6.29.